The molecule has 1 aromatic heterocycles. The van der Waals surface area contributed by atoms with Gasteiger partial charge in [-0.1, -0.05) is 26.0 Å². The summed E-state index contributed by atoms with van der Waals surface area (Å²) >= 11 is 0. The van der Waals surface area contributed by atoms with Crippen LogP contribution in [0.3, 0.4) is 0 Å². The standard InChI is InChI=1S/C15H20N4O2/c1-11(2)14(7-16)15-8-17-10-18(15)9-12-4-3-5-13(6-12)19(20)21/h3-6,8,10-11,14H,7,9,16H2,1-2H3. The summed E-state index contributed by atoms with van der Waals surface area (Å²) in [5, 5.41) is 10.8. The van der Waals surface area contributed by atoms with E-state index in [0.29, 0.717) is 19.0 Å². The number of non-ortho nitro benzene ring substituents is 1. The Kier molecular flexibility index (Phi) is 4.70. The second kappa shape index (κ2) is 6.49. The number of benzene rings is 1. The predicted molar refractivity (Wildman–Crippen MR) is 81.1 cm³/mol. The van der Waals surface area contributed by atoms with Gasteiger partial charge in [-0.3, -0.25) is 10.1 Å². The number of nitro groups is 1. The minimum absolute atomic E-state index is 0.105. The molecule has 0 aliphatic rings. The summed E-state index contributed by atoms with van der Waals surface area (Å²) in [4.78, 5) is 14.7. The Labute approximate surface area is 123 Å². The Balaban J connectivity index is 2.27. The van der Waals surface area contributed by atoms with Crippen LogP contribution < -0.4 is 5.73 Å². The van der Waals surface area contributed by atoms with Gasteiger partial charge in [-0.25, -0.2) is 4.98 Å². The molecule has 0 saturated carbocycles. The number of nitrogens with zero attached hydrogens (tertiary/aromatic N) is 3. The molecule has 21 heavy (non-hydrogen) atoms. The maximum absolute atomic E-state index is 10.8. The zero-order valence-corrected chi connectivity index (χ0v) is 12.3. The highest BCUT2D eigenvalue weighted by Gasteiger charge is 2.18. The van der Waals surface area contributed by atoms with Crippen LogP contribution in [0.25, 0.3) is 0 Å². The molecule has 0 bridgehead atoms. The lowest BCUT2D eigenvalue weighted by Gasteiger charge is -2.20. The number of hydrogen-bond acceptors (Lipinski definition) is 4. The molecule has 1 heterocycles. The van der Waals surface area contributed by atoms with Crippen molar-refractivity contribution in [3.63, 3.8) is 0 Å². The van der Waals surface area contributed by atoms with Gasteiger partial charge in [-0.15, -0.1) is 0 Å². The second-order valence-electron chi connectivity index (χ2n) is 5.46. The van der Waals surface area contributed by atoms with Crippen LogP contribution >= 0.6 is 0 Å². The van der Waals surface area contributed by atoms with Gasteiger partial charge >= 0.3 is 0 Å². The Morgan fingerprint density at radius 1 is 1.43 bits per heavy atom. The topological polar surface area (TPSA) is 87.0 Å². The fourth-order valence-electron chi connectivity index (χ4n) is 2.47. The third kappa shape index (κ3) is 3.46. The first-order valence-electron chi connectivity index (χ1n) is 6.96. The van der Waals surface area contributed by atoms with Gasteiger partial charge in [0.05, 0.1) is 11.3 Å². The number of nitrogens with two attached hydrogens (primary N) is 1. The molecule has 6 nitrogen and oxygen atoms in total. The monoisotopic (exact) mass is 288 g/mol. The van der Waals surface area contributed by atoms with Crippen LogP contribution in [-0.4, -0.2) is 21.0 Å². The maximum Gasteiger partial charge on any atom is 0.269 e. The van der Waals surface area contributed by atoms with Crippen molar-refractivity contribution in [1.29, 1.82) is 0 Å². The molecule has 2 N–H and O–H groups in total. The van der Waals surface area contributed by atoms with Gasteiger partial charge in [0.1, 0.15) is 0 Å². The first kappa shape index (κ1) is 15.2. The Bertz CT molecular complexity index is 622. The number of nitro benzene ring substituents is 1. The summed E-state index contributed by atoms with van der Waals surface area (Å²) in [6, 6.07) is 6.67. The molecule has 1 unspecified atom stereocenters. The summed E-state index contributed by atoms with van der Waals surface area (Å²) < 4.78 is 2.01. The predicted octanol–water partition coefficient (Wildman–Crippen LogP) is 2.54. The van der Waals surface area contributed by atoms with Crippen molar-refractivity contribution in [1.82, 2.24) is 9.55 Å². The highest BCUT2D eigenvalue weighted by atomic mass is 16.6. The summed E-state index contributed by atoms with van der Waals surface area (Å²) in [6.45, 7) is 5.36. The second-order valence-corrected chi connectivity index (χ2v) is 5.46. The molecule has 0 saturated heterocycles. The molecular weight excluding hydrogens is 268 g/mol. The van der Waals surface area contributed by atoms with Crippen LogP contribution in [-0.2, 0) is 6.54 Å². The lowest BCUT2D eigenvalue weighted by atomic mass is 9.93. The highest BCUT2D eigenvalue weighted by Crippen LogP contribution is 2.24. The molecule has 0 amide bonds. The van der Waals surface area contributed by atoms with Crippen molar-refractivity contribution in [3.05, 3.63) is 58.2 Å². The number of aromatic nitrogens is 2. The van der Waals surface area contributed by atoms with E-state index >= 15 is 0 Å². The van der Waals surface area contributed by atoms with E-state index in [0.717, 1.165) is 11.3 Å². The van der Waals surface area contributed by atoms with E-state index in [4.69, 9.17) is 5.73 Å². The largest absolute Gasteiger partial charge is 0.330 e. The average Bonchev–Trinajstić information content (AvgIpc) is 2.87. The SMILES string of the molecule is CC(C)C(CN)c1cncn1Cc1cccc([N+](=O)[O-])c1. The van der Waals surface area contributed by atoms with Crippen molar-refractivity contribution in [2.75, 3.05) is 6.54 Å². The van der Waals surface area contributed by atoms with Crippen molar-refractivity contribution >= 4 is 5.69 Å². The number of hydrogen-bond donors (Lipinski definition) is 1. The molecular formula is C15H20N4O2. The fraction of sp³-hybridized carbons (Fsp3) is 0.400. The van der Waals surface area contributed by atoms with Gasteiger partial charge in [-0.2, -0.15) is 0 Å². The van der Waals surface area contributed by atoms with Crippen LogP contribution in [0, 0.1) is 16.0 Å². The molecule has 0 fully saturated rings. The van der Waals surface area contributed by atoms with E-state index in [1.54, 1.807) is 18.5 Å². The first-order chi connectivity index (χ1) is 10.0. The summed E-state index contributed by atoms with van der Waals surface area (Å²) in [5.41, 5.74) is 7.91. The van der Waals surface area contributed by atoms with Gasteiger partial charge in [0.2, 0.25) is 0 Å². The molecule has 1 aromatic carbocycles. The minimum Gasteiger partial charge on any atom is -0.330 e. The Hall–Kier alpha value is -2.21. The summed E-state index contributed by atoms with van der Waals surface area (Å²) in [7, 11) is 0. The highest BCUT2D eigenvalue weighted by molar-refractivity contribution is 5.34. The van der Waals surface area contributed by atoms with E-state index in [9.17, 15) is 10.1 Å². The van der Waals surface area contributed by atoms with E-state index in [2.05, 4.69) is 18.8 Å². The van der Waals surface area contributed by atoms with E-state index in [1.165, 1.54) is 6.07 Å². The molecule has 0 radical (unpaired) electrons. The van der Waals surface area contributed by atoms with Gasteiger partial charge in [0.15, 0.2) is 0 Å². The van der Waals surface area contributed by atoms with Crippen molar-refractivity contribution in [2.24, 2.45) is 11.7 Å². The average molecular weight is 288 g/mol. The lowest BCUT2D eigenvalue weighted by Crippen LogP contribution is -2.21. The summed E-state index contributed by atoms with van der Waals surface area (Å²) in [6.07, 6.45) is 3.58. The number of imidazole rings is 1. The number of rotatable bonds is 6. The Morgan fingerprint density at radius 3 is 2.81 bits per heavy atom. The Morgan fingerprint density at radius 2 is 2.19 bits per heavy atom. The normalized spacial score (nSPS) is 12.6. The van der Waals surface area contributed by atoms with E-state index in [-0.39, 0.29) is 16.5 Å². The minimum atomic E-state index is -0.380. The molecule has 0 aliphatic heterocycles. The van der Waals surface area contributed by atoms with Crippen LogP contribution in [0.4, 0.5) is 5.69 Å². The molecule has 6 heteroatoms. The molecule has 0 aliphatic carbocycles. The van der Waals surface area contributed by atoms with Crippen LogP contribution in [0.1, 0.15) is 31.0 Å². The van der Waals surface area contributed by atoms with Crippen molar-refractivity contribution in [3.8, 4) is 0 Å². The molecule has 2 aromatic rings. The molecule has 2 rings (SSSR count). The van der Waals surface area contributed by atoms with Crippen LogP contribution in [0.5, 0.6) is 0 Å². The van der Waals surface area contributed by atoms with Crippen LogP contribution in [0.2, 0.25) is 0 Å². The third-order valence-corrected chi connectivity index (χ3v) is 3.66. The summed E-state index contributed by atoms with van der Waals surface area (Å²) in [5.74, 6) is 0.641. The fourth-order valence-corrected chi connectivity index (χ4v) is 2.47. The third-order valence-electron chi connectivity index (χ3n) is 3.66. The maximum atomic E-state index is 10.8. The first-order valence-corrected chi connectivity index (χ1v) is 6.96. The van der Waals surface area contributed by atoms with Crippen molar-refractivity contribution in [2.45, 2.75) is 26.3 Å². The quantitative estimate of drug-likeness (QED) is 0.653. The van der Waals surface area contributed by atoms with Crippen LogP contribution in [0.15, 0.2) is 36.8 Å². The van der Waals surface area contributed by atoms with Gasteiger partial charge in [0, 0.05) is 43.0 Å². The molecule has 112 valence electrons. The van der Waals surface area contributed by atoms with Gasteiger partial charge in [0.25, 0.3) is 5.69 Å². The molecule has 1 atom stereocenters. The van der Waals surface area contributed by atoms with E-state index < -0.39 is 0 Å². The van der Waals surface area contributed by atoms with Gasteiger partial charge < -0.3 is 10.3 Å². The molecule has 0 spiro atoms. The smallest absolute Gasteiger partial charge is 0.269 e. The lowest BCUT2D eigenvalue weighted by molar-refractivity contribution is -0.384. The van der Waals surface area contributed by atoms with Gasteiger partial charge in [-0.05, 0) is 11.5 Å². The van der Waals surface area contributed by atoms with Crippen molar-refractivity contribution < 1.29 is 4.92 Å². The zero-order valence-electron chi connectivity index (χ0n) is 12.3. The van der Waals surface area contributed by atoms with E-state index in [1.807, 2.05) is 16.8 Å². The zero-order chi connectivity index (χ0) is 15.4.